The van der Waals surface area contributed by atoms with Gasteiger partial charge in [-0.05, 0) is 31.7 Å². The van der Waals surface area contributed by atoms with E-state index in [4.69, 9.17) is 4.42 Å². The molecule has 3 nitrogen and oxygen atoms in total. The Morgan fingerprint density at radius 1 is 1.44 bits per heavy atom. The quantitative estimate of drug-likeness (QED) is 0.863. The van der Waals surface area contributed by atoms with Crippen LogP contribution in [0.15, 0.2) is 35.2 Å². The van der Waals surface area contributed by atoms with Crippen LogP contribution < -0.4 is 5.32 Å². The molecule has 0 fully saturated rings. The van der Waals surface area contributed by atoms with Gasteiger partial charge in [0.15, 0.2) is 0 Å². The third kappa shape index (κ3) is 1.84. The fourth-order valence-electron chi connectivity index (χ4n) is 1.73. The molecule has 16 heavy (non-hydrogen) atoms. The molecular formula is C12H13FN2O. The first-order valence-corrected chi connectivity index (χ1v) is 5.04. The maximum atomic E-state index is 13.6. The van der Waals surface area contributed by atoms with Gasteiger partial charge in [-0.15, -0.1) is 0 Å². The van der Waals surface area contributed by atoms with E-state index in [9.17, 15) is 4.39 Å². The molecule has 2 rings (SSSR count). The van der Waals surface area contributed by atoms with Gasteiger partial charge in [-0.25, -0.2) is 4.39 Å². The minimum atomic E-state index is -0.336. The zero-order valence-corrected chi connectivity index (χ0v) is 9.20. The summed E-state index contributed by atoms with van der Waals surface area (Å²) >= 11 is 0. The summed E-state index contributed by atoms with van der Waals surface area (Å²) in [5.74, 6) is 0.394. The number of nitrogens with one attached hydrogen (secondary N) is 1. The van der Waals surface area contributed by atoms with Crippen molar-refractivity contribution in [1.82, 2.24) is 10.3 Å². The maximum absolute atomic E-state index is 13.6. The minimum Gasteiger partial charge on any atom is -0.467 e. The standard InChI is InChI=1S/C12H13FN2O/c1-8-4-6-16-12(8)11(14-2)9-3-5-15-7-10(9)13/h3-7,11,14H,1-2H3. The van der Waals surface area contributed by atoms with Gasteiger partial charge in [-0.3, -0.25) is 4.98 Å². The monoisotopic (exact) mass is 220 g/mol. The first-order chi connectivity index (χ1) is 7.74. The summed E-state index contributed by atoms with van der Waals surface area (Å²) in [6.07, 6.45) is 4.38. The van der Waals surface area contributed by atoms with Crippen LogP contribution in [0, 0.1) is 12.7 Å². The van der Waals surface area contributed by atoms with Crippen LogP contribution in [0.25, 0.3) is 0 Å². The van der Waals surface area contributed by atoms with Crippen LogP contribution in [0.4, 0.5) is 4.39 Å². The third-order valence-electron chi connectivity index (χ3n) is 2.57. The van der Waals surface area contributed by atoms with Gasteiger partial charge in [-0.2, -0.15) is 0 Å². The molecule has 2 aromatic heterocycles. The summed E-state index contributed by atoms with van der Waals surface area (Å²) < 4.78 is 19.0. The average molecular weight is 220 g/mol. The van der Waals surface area contributed by atoms with E-state index in [1.807, 2.05) is 13.0 Å². The van der Waals surface area contributed by atoms with Crippen molar-refractivity contribution in [3.8, 4) is 0 Å². The van der Waals surface area contributed by atoms with Crippen LogP contribution in [0.3, 0.4) is 0 Å². The van der Waals surface area contributed by atoms with Gasteiger partial charge in [-0.1, -0.05) is 0 Å². The number of aromatic nitrogens is 1. The second kappa shape index (κ2) is 4.45. The van der Waals surface area contributed by atoms with E-state index < -0.39 is 0 Å². The molecule has 2 heterocycles. The van der Waals surface area contributed by atoms with E-state index in [-0.39, 0.29) is 11.9 Å². The zero-order chi connectivity index (χ0) is 11.5. The van der Waals surface area contributed by atoms with E-state index in [1.54, 1.807) is 25.6 Å². The van der Waals surface area contributed by atoms with Crippen molar-refractivity contribution in [2.24, 2.45) is 0 Å². The van der Waals surface area contributed by atoms with E-state index in [0.29, 0.717) is 5.56 Å². The van der Waals surface area contributed by atoms with Gasteiger partial charge in [0.1, 0.15) is 11.6 Å². The molecule has 0 spiro atoms. The molecule has 0 aromatic carbocycles. The molecule has 0 saturated heterocycles. The van der Waals surface area contributed by atoms with Crippen molar-refractivity contribution in [2.75, 3.05) is 7.05 Å². The lowest BCUT2D eigenvalue weighted by Crippen LogP contribution is -2.19. The lowest BCUT2D eigenvalue weighted by atomic mass is 10.0. The zero-order valence-electron chi connectivity index (χ0n) is 9.20. The SMILES string of the molecule is CNC(c1ccncc1F)c1occc1C. The van der Waals surface area contributed by atoms with E-state index in [0.717, 1.165) is 11.3 Å². The van der Waals surface area contributed by atoms with Gasteiger partial charge in [0.25, 0.3) is 0 Å². The third-order valence-corrected chi connectivity index (χ3v) is 2.57. The van der Waals surface area contributed by atoms with Crippen molar-refractivity contribution >= 4 is 0 Å². The Morgan fingerprint density at radius 3 is 2.81 bits per heavy atom. The molecule has 1 atom stereocenters. The van der Waals surface area contributed by atoms with Gasteiger partial charge < -0.3 is 9.73 Å². The predicted octanol–water partition coefficient (Wildman–Crippen LogP) is 2.43. The Kier molecular flexibility index (Phi) is 3.01. The predicted molar refractivity (Wildman–Crippen MR) is 58.5 cm³/mol. The summed E-state index contributed by atoms with van der Waals surface area (Å²) in [6.45, 7) is 1.93. The lowest BCUT2D eigenvalue weighted by molar-refractivity contribution is 0.449. The molecule has 0 aliphatic rings. The van der Waals surface area contributed by atoms with Crippen molar-refractivity contribution < 1.29 is 8.81 Å². The van der Waals surface area contributed by atoms with Crippen LogP contribution in [-0.4, -0.2) is 12.0 Å². The molecule has 4 heteroatoms. The van der Waals surface area contributed by atoms with Crippen molar-refractivity contribution in [3.05, 3.63) is 53.5 Å². The fourth-order valence-corrected chi connectivity index (χ4v) is 1.73. The number of nitrogens with zero attached hydrogens (tertiary/aromatic N) is 1. The Labute approximate surface area is 93.3 Å². The normalized spacial score (nSPS) is 12.7. The molecule has 1 unspecified atom stereocenters. The Morgan fingerprint density at radius 2 is 2.25 bits per heavy atom. The number of furan rings is 1. The topological polar surface area (TPSA) is 38.1 Å². The molecule has 0 aliphatic carbocycles. The van der Waals surface area contributed by atoms with Gasteiger partial charge in [0.05, 0.1) is 18.5 Å². The van der Waals surface area contributed by atoms with Crippen molar-refractivity contribution in [1.29, 1.82) is 0 Å². The molecule has 0 saturated carbocycles. The highest BCUT2D eigenvalue weighted by atomic mass is 19.1. The first kappa shape index (κ1) is 10.8. The molecule has 0 bridgehead atoms. The number of rotatable bonds is 3. The smallest absolute Gasteiger partial charge is 0.146 e. The number of hydrogen-bond acceptors (Lipinski definition) is 3. The highest BCUT2D eigenvalue weighted by Crippen LogP contribution is 2.26. The Balaban J connectivity index is 2.45. The highest BCUT2D eigenvalue weighted by molar-refractivity contribution is 5.30. The summed E-state index contributed by atoms with van der Waals surface area (Å²) in [7, 11) is 1.77. The summed E-state index contributed by atoms with van der Waals surface area (Å²) in [6, 6.07) is 3.23. The van der Waals surface area contributed by atoms with Gasteiger partial charge in [0, 0.05) is 11.8 Å². The van der Waals surface area contributed by atoms with Crippen LogP contribution in [0.5, 0.6) is 0 Å². The highest BCUT2D eigenvalue weighted by Gasteiger charge is 2.20. The lowest BCUT2D eigenvalue weighted by Gasteiger charge is -2.15. The Bertz CT molecular complexity index is 481. The van der Waals surface area contributed by atoms with Crippen LogP contribution in [-0.2, 0) is 0 Å². The van der Waals surface area contributed by atoms with Crippen molar-refractivity contribution in [2.45, 2.75) is 13.0 Å². The second-order valence-corrected chi connectivity index (χ2v) is 3.59. The number of aryl methyl sites for hydroxylation is 1. The van der Waals surface area contributed by atoms with E-state index in [2.05, 4.69) is 10.3 Å². The molecule has 0 aliphatic heterocycles. The number of pyridine rings is 1. The number of halogens is 1. The summed E-state index contributed by atoms with van der Waals surface area (Å²) in [5.41, 5.74) is 1.53. The second-order valence-electron chi connectivity index (χ2n) is 3.59. The maximum Gasteiger partial charge on any atom is 0.146 e. The fraction of sp³-hybridized carbons (Fsp3) is 0.250. The first-order valence-electron chi connectivity index (χ1n) is 5.04. The minimum absolute atomic E-state index is 0.280. The largest absolute Gasteiger partial charge is 0.467 e. The summed E-state index contributed by atoms with van der Waals surface area (Å²) in [5, 5.41) is 3.04. The molecule has 1 N–H and O–H groups in total. The Hall–Kier alpha value is -1.68. The van der Waals surface area contributed by atoms with Gasteiger partial charge in [0.2, 0.25) is 0 Å². The molecule has 0 amide bonds. The number of hydrogen-bond donors (Lipinski definition) is 1. The van der Waals surface area contributed by atoms with Crippen LogP contribution in [0.2, 0.25) is 0 Å². The van der Waals surface area contributed by atoms with Crippen LogP contribution >= 0.6 is 0 Å². The molecule has 2 aromatic rings. The van der Waals surface area contributed by atoms with Crippen LogP contribution in [0.1, 0.15) is 22.9 Å². The van der Waals surface area contributed by atoms with E-state index >= 15 is 0 Å². The molecular weight excluding hydrogens is 207 g/mol. The molecule has 0 radical (unpaired) electrons. The molecule has 84 valence electrons. The summed E-state index contributed by atoms with van der Waals surface area (Å²) in [4.78, 5) is 3.73. The van der Waals surface area contributed by atoms with Crippen molar-refractivity contribution in [3.63, 3.8) is 0 Å². The average Bonchev–Trinajstić information content (AvgIpc) is 2.69. The van der Waals surface area contributed by atoms with Gasteiger partial charge >= 0.3 is 0 Å². The van der Waals surface area contributed by atoms with E-state index in [1.165, 1.54) is 6.20 Å².